The van der Waals surface area contributed by atoms with E-state index < -0.39 is 12.0 Å². The number of carbonyl (C=O) groups is 3. The number of aromatic nitrogens is 1. The molecule has 0 bridgehead atoms. The molecule has 5 aromatic rings. The smallest absolute Gasteiger partial charge is 0.341 e. The molecule has 0 aliphatic carbocycles. The lowest BCUT2D eigenvalue weighted by molar-refractivity contribution is 0.0255. The van der Waals surface area contributed by atoms with Crippen molar-refractivity contribution in [2.45, 2.75) is 26.2 Å². The zero-order valence-electron chi connectivity index (χ0n) is 34.4. The summed E-state index contributed by atoms with van der Waals surface area (Å²) < 4.78 is 38.2. The minimum atomic E-state index is -0.584. The van der Waals surface area contributed by atoms with Gasteiger partial charge in [0.15, 0.2) is 5.75 Å². The van der Waals surface area contributed by atoms with Gasteiger partial charge >= 0.3 is 12.0 Å². The number of ether oxygens (including phenoxy) is 7. The van der Waals surface area contributed by atoms with Crippen LogP contribution in [0.5, 0.6) is 23.0 Å². The standard InChI is InChI=1S/C44H51N5O10/c1-44(2,3)29-24-35(42(51)56-7)40(55-6)37(25-29)49-43(52)48-36-12-13-38(34-11-9-8-10-33(34)36)59-31-14-15-45-39(27-31)47-30-22-28(23-32(26-30)54-5)41(50)46-16-17-57-20-21-58-19-18-53-4/h8-15,22-27H,16-21H2,1-7H3,(H,45,47)(H,46,50)(H2,48,49,52). The van der Waals surface area contributed by atoms with E-state index in [-0.39, 0.29) is 22.6 Å². The topological polar surface area (TPSA) is 177 Å². The van der Waals surface area contributed by atoms with Crippen LogP contribution < -0.4 is 35.5 Å². The van der Waals surface area contributed by atoms with Crippen molar-refractivity contribution >= 4 is 51.6 Å². The summed E-state index contributed by atoms with van der Waals surface area (Å²) in [6, 6.07) is 22.5. The summed E-state index contributed by atoms with van der Waals surface area (Å²) in [4.78, 5) is 43.6. The van der Waals surface area contributed by atoms with E-state index in [2.05, 4.69) is 26.3 Å². The lowest BCUT2D eigenvalue weighted by atomic mass is 9.85. The van der Waals surface area contributed by atoms with Gasteiger partial charge in [0, 0.05) is 54.0 Å². The Hall–Kier alpha value is -6.42. The lowest BCUT2D eigenvalue weighted by Gasteiger charge is -2.23. The minimum Gasteiger partial charge on any atom is -0.497 e. The molecule has 5 rings (SSSR count). The van der Waals surface area contributed by atoms with Crippen LogP contribution in [0, 0.1) is 0 Å². The number of urea groups is 1. The van der Waals surface area contributed by atoms with Gasteiger partial charge in [0.05, 0.1) is 65.7 Å². The second kappa shape index (κ2) is 20.8. The third-order valence-corrected chi connectivity index (χ3v) is 8.92. The van der Waals surface area contributed by atoms with Crippen molar-refractivity contribution < 1.29 is 47.5 Å². The van der Waals surface area contributed by atoms with Gasteiger partial charge in [0.25, 0.3) is 5.91 Å². The van der Waals surface area contributed by atoms with Gasteiger partial charge in [-0.1, -0.05) is 45.0 Å². The van der Waals surface area contributed by atoms with Crippen LogP contribution in [0.2, 0.25) is 0 Å². The van der Waals surface area contributed by atoms with E-state index in [1.165, 1.54) is 21.3 Å². The summed E-state index contributed by atoms with van der Waals surface area (Å²) in [5.41, 5.74) is 2.47. The summed E-state index contributed by atoms with van der Waals surface area (Å²) in [6.45, 7) is 8.53. The van der Waals surface area contributed by atoms with E-state index in [0.29, 0.717) is 85.3 Å². The van der Waals surface area contributed by atoms with Gasteiger partial charge < -0.3 is 54.4 Å². The Morgan fingerprint density at radius 1 is 0.712 bits per heavy atom. The highest BCUT2D eigenvalue weighted by Gasteiger charge is 2.24. The highest BCUT2D eigenvalue weighted by molar-refractivity contribution is 6.09. The number of amides is 3. The molecule has 0 radical (unpaired) electrons. The molecule has 4 aromatic carbocycles. The molecular weight excluding hydrogens is 759 g/mol. The van der Waals surface area contributed by atoms with Crippen molar-refractivity contribution in [3.63, 3.8) is 0 Å². The largest absolute Gasteiger partial charge is 0.497 e. The molecule has 4 N–H and O–H groups in total. The van der Waals surface area contributed by atoms with Gasteiger partial charge in [-0.3, -0.25) is 4.79 Å². The Kier molecular flexibility index (Phi) is 15.4. The molecule has 0 saturated carbocycles. The number of anilines is 4. The predicted molar refractivity (Wildman–Crippen MR) is 226 cm³/mol. The molecule has 0 aliphatic heterocycles. The van der Waals surface area contributed by atoms with Gasteiger partial charge in [0.2, 0.25) is 0 Å². The van der Waals surface area contributed by atoms with Gasteiger partial charge in [-0.2, -0.15) is 0 Å². The van der Waals surface area contributed by atoms with Crippen molar-refractivity contribution in [2.75, 3.05) is 84.0 Å². The number of hydrogen-bond donors (Lipinski definition) is 4. The van der Waals surface area contributed by atoms with Crippen molar-refractivity contribution in [3.8, 4) is 23.0 Å². The number of esters is 1. The summed E-state index contributed by atoms with van der Waals surface area (Å²) >= 11 is 0. The number of pyridine rings is 1. The number of benzene rings is 4. The molecule has 0 unspecified atom stereocenters. The van der Waals surface area contributed by atoms with Gasteiger partial charge in [-0.15, -0.1) is 0 Å². The fraction of sp³-hybridized carbons (Fsp3) is 0.318. The van der Waals surface area contributed by atoms with Gasteiger partial charge in [-0.05, 0) is 53.4 Å². The Labute approximate surface area is 343 Å². The van der Waals surface area contributed by atoms with Crippen molar-refractivity contribution in [2.24, 2.45) is 0 Å². The molecule has 1 heterocycles. The van der Waals surface area contributed by atoms with Gasteiger partial charge in [-0.25, -0.2) is 14.6 Å². The summed E-state index contributed by atoms with van der Waals surface area (Å²) in [5, 5.41) is 13.3. The van der Waals surface area contributed by atoms with Crippen LogP contribution in [0.25, 0.3) is 10.8 Å². The fourth-order valence-electron chi connectivity index (χ4n) is 5.92. The molecule has 0 saturated heterocycles. The molecule has 15 heteroatoms. The molecule has 0 atom stereocenters. The van der Waals surface area contributed by atoms with Crippen LogP contribution in [0.4, 0.5) is 27.7 Å². The van der Waals surface area contributed by atoms with Crippen LogP contribution in [-0.2, 0) is 24.4 Å². The molecule has 0 fully saturated rings. The summed E-state index contributed by atoms with van der Waals surface area (Å²) in [7, 11) is 5.86. The average molecular weight is 810 g/mol. The first kappa shape index (κ1) is 43.7. The Morgan fingerprint density at radius 3 is 2.15 bits per heavy atom. The van der Waals surface area contributed by atoms with E-state index in [1.807, 2.05) is 45.0 Å². The number of carbonyl (C=O) groups excluding carboxylic acids is 3. The molecule has 15 nitrogen and oxygen atoms in total. The van der Waals surface area contributed by atoms with Crippen LogP contribution in [-0.4, -0.2) is 90.9 Å². The van der Waals surface area contributed by atoms with Crippen molar-refractivity contribution in [3.05, 3.63) is 102 Å². The van der Waals surface area contributed by atoms with Crippen molar-refractivity contribution in [1.82, 2.24) is 10.3 Å². The molecule has 0 spiro atoms. The number of methoxy groups -OCH3 is 4. The highest BCUT2D eigenvalue weighted by Crippen LogP contribution is 2.38. The number of fused-ring (bicyclic) bond motifs is 1. The Morgan fingerprint density at radius 2 is 1.44 bits per heavy atom. The first-order valence-corrected chi connectivity index (χ1v) is 18.9. The normalized spacial score (nSPS) is 11.1. The molecule has 3 amide bonds. The predicted octanol–water partition coefficient (Wildman–Crippen LogP) is 7.93. The first-order valence-electron chi connectivity index (χ1n) is 18.9. The fourth-order valence-corrected chi connectivity index (χ4v) is 5.92. The molecule has 59 heavy (non-hydrogen) atoms. The maximum atomic E-state index is 13.5. The third kappa shape index (κ3) is 12.0. The first-order chi connectivity index (χ1) is 28.4. The van der Waals surface area contributed by atoms with E-state index in [0.717, 1.165) is 16.3 Å². The summed E-state index contributed by atoms with van der Waals surface area (Å²) in [6.07, 6.45) is 1.60. The molecular formula is C44H51N5O10. The second-order valence-corrected chi connectivity index (χ2v) is 14.1. The number of hydrogen-bond acceptors (Lipinski definition) is 12. The van der Waals surface area contributed by atoms with Gasteiger partial charge in [0.1, 0.15) is 28.6 Å². The quantitative estimate of drug-likeness (QED) is 0.0469. The number of rotatable bonds is 19. The maximum Gasteiger partial charge on any atom is 0.341 e. The molecule has 312 valence electrons. The van der Waals surface area contributed by atoms with E-state index >= 15 is 0 Å². The number of nitrogens with zero attached hydrogens (tertiary/aromatic N) is 1. The van der Waals surface area contributed by atoms with Crippen LogP contribution in [0.15, 0.2) is 85.1 Å². The average Bonchev–Trinajstić information content (AvgIpc) is 3.22. The zero-order valence-corrected chi connectivity index (χ0v) is 34.4. The monoisotopic (exact) mass is 809 g/mol. The van der Waals surface area contributed by atoms with E-state index in [4.69, 9.17) is 33.2 Å². The SMILES string of the molecule is COCCOCCOCCNC(=O)c1cc(Nc2cc(Oc3ccc(NC(=O)Nc4cc(C(C)(C)C)cc(C(=O)OC)c4OC)c4ccccc34)ccn2)cc(OC)c1. The van der Waals surface area contributed by atoms with Crippen LogP contribution in [0.1, 0.15) is 47.1 Å². The molecule has 0 aliphatic rings. The van der Waals surface area contributed by atoms with Crippen LogP contribution in [0.3, 0.4) is 0 Å². The third-order valence-electron chi connectivity index (χ3n) is 8.92. The van der Waals surface area contributed by atoms with E-state index in [1.54, 1.807) is 67.9 Å². The number of nitrogens with one attached hydrogen (secondary N) is 4. The van der Waals surface area contributed by atoms with Crippen LogP contribution >= 0.6 is 0 Å². The zero-order chi connectivity index (χ0) is 42.4. The maximum absolute atomic E-state index is 13.5. The van der Waals surface area contributed by atoms with E-state index in [9.17, 15) is 14.4 Å². The second-order valence-electron chi connectivity index (χ2n) is 14.1. The molecule has 1 aromatic heterocycles. The van der Waals surface area contributed by atoms with Crippen molar-refractivity contribution in [1.29, 1.82) is 0 Å². The Balaban J connectivity index is 1.27. The Bertz CT molecular complexity index is 2240. The lowest BCUT2D eigenvalue weighted by Crippen LogP contribution is -2.27. The summed E-state index contributed by atoms with van der Waals surface area (Å²) in [5.74, 6) is 1.28. The highest BCUT2D eigenvalue weighted by atomic mass is 16.5. The minimum absolute atomic E-state index is 0.186.